The first-order chi connectivity index (χ1) is 18.5. The molecule has 0 bridgehead atoms. The average molecular weight is 558 g/mol. The van der Waals surface area contributed by atoms with E-state index in [0.29, 0.717) is 54.3 Å². The molecule has 0 N–H and O–H groups in total. The standard InChI is InChI=1S/C28H34ClN4O6/c1-16(34)17-6-7-21(20(29)10-17)33(3,4)24-23(36-5)25(31-15-30-24)38-22-18-11-32(26(35)39-27(2)8-9-27)13-28(18)14-37-12-19(22)28/h6-7,10,15,18-19,22H,8-9,11-14H2,1-5H3/q+1. The fourth-order valence-corrected chi connectivity index (χ4v) is 6.85. The number of aromatic nitrogens is 2. The number of benzene rings is 1. The second kappa shape index (κ2) is 9.04. The third kappa shape index (κ3) is 4.15. The third-order valence-corrected chi connectivity index (χ3v) is 9.38. The zero-order valence-electron chi connectivity index (χ0n) is 22.9. The van der Waals surface area contributed by atoms with Gasteiger partial charge in [0.1, 0.15) is 23.1 Å². The first-order valence-electron chi connectivity index (χ1n) is 13.3. The van der Waals surface area contributed by atoms with Crippen LogP contribution in [-0.2, 0) is 9.47 Å². The van der Waals surface area contributed by atoms with Gasteiger partial charge in [0.2, 0.25) is 0 Å². The van der Waals surface area contributed by atoms with E-state index in [4.69, 9.17) is 30.5 Å². The number of carbonyl (C=O) groups excluding carboxylic acids is 2. The Kier molecular flexibility index (Phi) is 6.09. The highest BCUT2D eigenvalue weighted by Crippen LogP contribution is 2.61. The second-order valence-electron chi connectivity index (χ2n) is 12.0. The van der Waals surface area contributed by atoms with Crippen LogP contribution in [0.5, 0.6) is 11.6 Å². The normalized spacial score (nSPS) is 28.3. The topological polar surface area (TPSA) is 100 Å². The van der Waals surface area contributed by atoms with Crippen LogP contribution in [0, 0.1) is 17.3 Å². The zero-order chi connectivity index (χ0) is 27.7. The van der Waals surface area contributed by atoms with E-state index in [0.717, 1.165) is 18.5 Å². The van der Waals surface area contributed by atoms with Crippen LogP contribution in [0.4, 0.5) is 16.3 Å². The molecule has 10 nitrogen and oxygen atoms in total. The molecule has 1 spiro atoms. The van der Waals surface area contributed by atoms with Crippen LogP contribution in [-0.4, -0.2) is 86.0 Å². The van der Waals surface area contributed by atoms with E-state index in [1.807, 2.05) is 32.0 Å². The van der Waals surface area contributed by atoms with Gasteiger partial charge in [0.25, 0.3) is 17.4 Å². The fraction of sp³-hybridized carbons (Fsp3) is 0.571. The summed E-state index contributed by atoms with van der Waals surface area (Å²) in [6, 6.07) is 5.24. The lowest BCUT2D eigenvalue weighted by Crippen LogP contribution is -2.61. The summed E-state index contributed by atoms with van der Waals surface area (Å²) in [7, 11) is 5.43. The molecule has 1 amide bonds. The van der Waals surface area contributed by atoms with E-state index < -0.39 is 0 Å². The molecule has 4 aliphatic rings. The van der Waals surface area contributed by atoms with Crippen LogP contribution >= 0.6 is 11.6 Å². The molecule has 2 aliphatic carbocycles. The average Bonchev–Trinajstić information content (AvgIpc) is 3.37. The summed E-state index contributed by atoms with van der Waals surface area (Å²) in [5, 5.41) is 0.445. The summed E-state index contributed by atoms with van der Waals surface area (Å²) in [4.78, 5) is 35.5. The van der Waals surface area contributed by atoms with Gasteiger partial charge in [-0.15, -0.1) is 0 Å². The van der Waals surface area contributed by atoms with Gasteiger partial charge in [-0.1, -0.05) is 11.6 Å². The minimum atomic E-state index is -0.317. The van der Waals surface area contributed by atoms with E-state index in [9.17, 15) is 9.59 Å². The molecule has 4 atom stereocenters. The maximum Gasteiger partial charge on any atom is 0.410 e. The molecule has 2 aliphatic heterocycles. The summed E-state index contributed by atoms with van der Waals surface area (Å²) >= 11 is 6.62. The largest absolute Gasteiger partial charge is 0.486 e. The van der Waals surface area contributed by atoms with Gasteiger partial charge in [-0.2, -0.15) is 9.97 Å². The zero-order valence-corrected chi connectivity index (χ0v) is 23.7. The molecule has 3 heterocycles. The summed E-state index contributed by atoms with van der Waals surface area (Å²) < 4.78 is 24.2. The number of likely N-dealkylation sites (tertiary alicyclic amines) is 1. The number of ketones is 1. The molecular formula is C28H34ClN4O6+. The summed E-state index contributed by atoms with van der Waals surface area (Å²) in [6.07, 6.45) is 2.84. The molecule has 4 unspecified atom stereocenters. The Balaban J connectivity index is 1.26. The van der Waals surface area contributed by atoms with Crippen molar-refractivity contribution in [3.05, 3.63) is 35.1 Å². The van der Waals surface area contributed by atoms with E-state index in [2.05, 4.69) is 9.97 Å². The Morgan fingerprint density at radius 1 is 1.21 bits per heavy atom. The fourth-order valence-electron chi connectivity index (χ4n) is 6.45. The molecule has 2 aromatic rings. The van der Waals surface area contributed by atoms with Gasteiger partial charge in [0.15, 0.2) is 11.5 Å². The lowest BCUT2D eigenvalue weighted by molar-refractivity contribution is -0.102. The van der Waals surface area contributed by atoms with Crippen LogP contribution in [0.15, 0.2) is 24.5 Å². The van der Waals surface area contributed by atoms with E-state index >= 15 is 0 Å². The van der Waals surface area contributed by atoms with Crippen molar-refractivity contribution in [2.24, 2.45) is 17.3 Å². The van der Waals surface area contributed by atoms with Crippen molar-refractivity contribution in [2.45, 2.75) is 38.4 Å². The predicted octanol–water partition coefficient (Wildman–Crippen LogP) is 4.25. The van der Waals surface area contributed by atoms with Crippen molar-refractivity contribution in [1.29, 1.82) is 0 Å². The molecule has 2 saturated carbocycles. The predicted molar refractivity (Wildman–Crippen MR) is 144 cm³/mol. The maximum atomic E-state index is 12.9. The van der Waals surface area contributed by atoms with Gasteiger partial charge in [0, 0.05) is 42.0 Å². The molecule has 6 rings (SSSR count). The van der Waals surface area contributed by atoms with Crippen molar-refractivity contribution in [2.75, 3.05) is 47.5 Å². The van der Waals surface area contributed by atoms with Gasteiger partial charge < -0.3 is 23.8 Å². The van der Waals surface area contributed by atoms with Crippen LogP contribution in [0.2, 0.25) is 5.02 Å². The lowest BCUT2D eigenvalue weighted by atomic mass is 9.54. The molecule has 0 radical (unpaired) electrons. The number of Topliss-reactive ketones (excluding diaryl/α,β-unsaturated/α-hetero) is 1. The second-order valence-corrected chi connectivity index (χ2v) is 12.4. The highest BCUT2D eigenvalue weighted by Gasteiger charge is 2.70. The first-order valence-corrected chi connectivity index (χ1v) is 13.6. The van der Waals surface area contributed by atoms with Gasteiger partial charge in [-0.05, 0) is 38.8 Å². The highest BCUT2D eigenvalue weighted by molar-refractivity contribution is 6.33. The SMILES string of the molecule is COc1c(OC2C3COCC34CN(C(=O)OC3(C)CC3)CC24)ncnc1[N+](C)(C)c1ccc(C(C)=O)cc1Cl. The Morgan fingerprint density at radius 3 is 2.64 bits per heavy atom. The minimum Gasteiger partial charge on any atom is -0.486 e. The van der Waals surface area contributed by atoms with Crippen LogP contribution in [0.3, 0.4) is 0 Å². The molecule has 2 saturated heterocycles. The number of carbonyl (C=O) groups is 2. The van der Waals surface area contributed by atoms with Gasteiger partial charge in [-0.3, -0.25) is 4.79 Å². The maximum absolute atomic E-state index is 12.9. The number of hydrogen-bond donors (Lipinski definition) is 0. The van der Waals surface area contributed by atoms with Crippen LogP contribution in [0.1, 0.15) is 37.0 Å². The van der Waals surface area contributed by atoms with Crippen molar-refractivity contribution < 1.29 is 28.5 Å². The van der Waals surface area contributed by atoms with Crippen molar-refractivity contribution in [3.63, 3.8) is 0 Å². The highest BCUT2D eigenvalue weighted by atomic mass is 35.5. The number of nitrogens with zero attached hydrogens (tertiary/aromatic N) is 4. The lowest BCUT2D eigenvalue weighted by Gasteiger charge is -2.51. The number of amides is 1. The number of ether oxygens (including phenoxy) is 4. The summed E-state index contributed by atoms with van der Waals surface area (Å²) in [5.74, 6) is 1.48. The molecule has 1 aromatic heterocycles. The molecule has 208 valence electrons. The Morgan fingerprint density at radius 2 is 1.97 bits per heavy atom. The number of halogens is 1. The molecule has 11 heteroatoms. The summed E-state index contributed by atoms with van der Waals surface area (Å²) in [5.41, 5.74) is 0.836. The smallest absolute Gasteiger partial charge is 0.410 e. The molecular weight excluding hydrogens is 524 g/mol. The van der Waals surface area contributed by atoms with E-state index in [1.165, 1.54) is 13.3 Å². The first kappa shape index (κ1) is 26.3. The number of quaternary nitrogens is 1. The summed E-state index contributed by atoms with van der Waals surface area (Å²) in [6.45, 7) is 5.83. The Bertz CT molecular complexity index is 1350. The Hall–Kier alpha value is -2.95. The van der Waals surface area contributed by atoms with Crippen LogP contribution < -0.4 is 14.0 Å². The molecule has 1 aromatic carbocycles. The van der Waals surface area contributed by atoms with Gasteiger partial charge >= 0.3 is 6.09 Å². The van der Waals surface area contributed by atoms with Crippen molar-refractivity contribution >= 4 is 35.0 Å². The molecule has 39 heavy (non-hydrogen) atoms. The van der Waals surface area contributed by atoms with Crippen molar-refractivity contribution in [3.8, 4) is 11.6 Å². The van der Waals surface area contributed by atoms with E-state index in [-0.39, 0.29) is 45.3 Å². The number of hydrogen-bond acceptors (Lipinski definition) is 8. The molecule has 4 fully saturated rings. The van der Waals surface area contributed by atoms with Gasteiger partial charge in [0.05, 0.1) is 34.4 Å². The van der Waals surface area contributed by atoms with Gasteiger partial charge in [-0.25, -0.2) is 9.28 Å². The number of rotatable bonds is 7. The monoisotopic (exact) mass is 557 g/mol. The quantitative estimate of drug-likeness (QED) is 0.368. The van der Waals surface area contributed by atoms with Crippen LogP contribution in [0.25, 0.3) is 0 Å². The minimum absolute atomic E-state index is 0.0583. The van der Waals surface area contributed by atoms with E-state index in [1.54, 1.807) is 19.2 Å². The Labute approximate surface area is 232 Å². The third-order valence-electron chi connectivity index (χ3n) is 9.08. The van der Waals surface area contributed by atoms with Crippen molar-refractivity contribution in [1.82, 2.24) is 19.4 Å². The number of methoxy groups -OCH3 is 1.